The lowest BCUT2D eigenvalue weighted by molar-refractivity contribution is -0.126. The third-order valence-electron chi connectivity index (χ3n) is 4.86. The van der Waals surface area contributed by atoms with Crippen LogP contribution < -0.4 is 0 Å². The number of para-hydroxylation sites is 1. The summed E-state index contributed by atoms with van der Waals surface area (Å²) in [5.41, 5.74) is 2.79. The molecule has 0 spiro atoms. The monoisotopic (exact) mass is 346 g/mol. The molecule has 1 amide bonds. The summed E-state index contributed by atoms with van der Waals surface area (Å²) >= 11 is 0. The summed E-state index contributed by atoms with van der Waals surface area (Å²) < 4.78 is 13.2. The van der Waals surface area contributed by atoms with E-state index in [0.29, 0.717) is 0 Å². The predicted molar refractivity (Wildman–Crippen MR) is 101 cm³/mol. The maximum absolute atomic E-state index is 13.2. The van der Waals surface area contributed by atoms with Gasteiger partial charge in [-0.1, -0.05) is 36.4 Å². The molecule has 1 aliphatic heterocycles. The van der Waals surface area contributed by atoms with Crippen molar-refractivity contribution in [2.75, 3.05) is 6.54 Å². The zero-order valence-electron chi connectivity index (χ0n) is 14.3. The first kappa shape index (κ1) is 16.5. The number of nitrogens with zero attached hydrogens (tertiary/aromatic N) is 2. The first-order chi connectivity index (χ1) is 12.7. The van der Waals surface area contributed by atoms with E-state index in [1.54, 1.807) is 24.4 Å². The first-order valence-electron chi connectivity index (χ1n) is 8.80. The quantitative estimate of drug-likeness (QED) is 0.641. The molecule has 0 radical (unpaired) electrons. The number of hydrogen-bond donors (Lipinski definition) is 0. The number of carbonyl (C=O) groups excluding carboxylic acids is 1. The summed E-state index contributed by atoms with van der Waals surface area (Å²) in [5.74, 6) is -0.280. The molecule has 130 valence electrons. The van der Waals surface area contributed by atoms with Crippen LogP contribution in [0.5, 0.6) is 0 Å². The topological polar surface area (TPSA) is 33.2 Å². The van der Waals surface area contributed by atoms with Crippen molar-refractivity contribution >= 4 is 22.9 Å². The Bertz CT molecular complexity index is 960. The minimum atomic E-state index is -0.257. The minimum Gasteiger partial charge on any atom is -0.332 e. The number of likely N-dealkylation sites (tertiary alicyclic amines) is 1. The van der Waals surface area contributed by atoms with Gasteiger partial charge < -0.3 is 4.90 Å². The molecule has 0 saturated carbocycles. The van der Waals surface area contributed by atoms with Crippen LogP contribution in [0.1, 0.15) is 30.0 Å². The van der Waals surface area contributed by atoms with Gasteiger partial charge in [0.1, 0.15) is 5.82 Å². The number of halogens is 1. The molecule has 1 atom stereocenters. The molecule has 0 bridgehead atoms. The van der Waals surface area contributed by atoms with Gasteiger partial charge in [0.25, 0.3) is 0 Å². The number of carbonyl (C=O) groups is 1. The average molecular weight is 346 g/mol. The van der Waals surface area contributed by atoms with Crippen LogP contribution in [0.4, 0.5) is 4.39 Å². The van der Waals surface area contributed by atoms with Crippen molar-refractivity contribution in [3.8, 4) is 0 Å². The Kier molecular flexibility index (Phi) is 4.48. The van der Waals surface area contributed by atoms with E-state index in [4.69, 9.17) is 0 Å². The van der Waals surface area contributed by atoms with Crippen LogP contribution in [0, 0.1) is 5.82 Å². The largest absolute Gasteiger partial charge is 0.332 e. The average Bonchev–Trinajstić information content (AvgIpc) is 3.16. The van der Waals surface area contributed by atoms with Gasteiger partial charge >= 0.3 is 0 Å². The molecule has 4 rings (SSSR count). The number of aromatic nitrogens is 1. The van der Waals surface area contributed by atoms with Crippen molar-refractivity contribution < 1.29 is 9.18 Å². The molecule has 26 heavy (non-hydrogen) atoms. The van der Waals surface area contributed by atoms with Gasteiger partial charge in [-0.3, -0.25) is 9.78 Å². The Morgan fingerprint density at radius 1 is 1.12 bits per heavy atom. The van der Waals surface area contributed by atoms with E-state index in [-0.39, 0.29) is 17.8 Å². The minimum absolute atomic E-state index is 0.0124. The molecule has 2 aromatic carbocycles. The van der Waals surface area contributed by atoms with E-state index in [2.05, 4.69) is 4.98 Å². The van der Waals surface area contributed by atoms with Gasteiger partial charge in [0.15, 0.2) is 0 Å². The molecule has 4 heteroatoms. The van der Waals surface area contributed by atoms with E-state index < -0.39 is 0 Å². The summed E-state index contributed by atoms with van der Waals surface area (Å²) in [6.07, 6.45) is 7.06. The van der Waals surface area contributed by atoms with Gasteiger partial charge in [0, 0.05) is 29.8 Å². The second-order valence-electron chi connectivity index (χ2n) is 6.50. The molecule has 3 aromatic rings. The molecule has 0 unspecified atom stereocenters. The Morgan fingerprint density at radius 2 is 1.92 bits per heavy atom. The Hall–Kier alpha value is -3.01. The van der Waals surface area contributed by atoms with Crippen LogP contribution >= 0.6 is 0 Å². The zero-order valence-corrected chi connectivity index (χ0v) is 14.3. The molecule has 0 aliphatic carbocycles. The lowest BCUT2D eigenvalue weighted by atomic mass is 10.0. The summed E-state index contributed by atoms with van der Waals surface area (Å²) in [5, 5.41) is 1.05. The molecule has 3 nitrogen and oxygen atoms in total. The van der Waals surface area contributed by atoms with Crippen LogP contribution in [0.15, 0.2) is 66.9 Å². The lowest BCUT2D eigenvalue weighted by Gasteiger charge is -2.23. The van der Waals surface area contributed by atoms with Crippen LogP contribution in [0.2, 0.25) is 0 Å². The second-order valence-corrected chi connectivity index (χ2v) is 6.50. The number of pyridine rings is 1. The van der Waals surface area contributed by atoms with Crippen molar-refractivity contribution in [2.24, 2.45) is 0 Å². The van der Waals surface area contributed by atoms with Gasteiger partial charge in [-0.05, 0) is 42.7 Å². The van der Waals surface area contributed by atoms with Crippen LogP contribution in [0.25, 0.3) is 17.0 Å². The molecule has 1 saturated heterocycles. The number of rotatable bonds is 3. The highest BCUT2D eigenvalue weighted by molar-refractivity contribution is 5.95. The highest BCUT2D eigenvalue weighted by Gasteiger charge is 2.28. The van der Waals surface area contributed by atoms with E-state index in [1.165, 1.54) is 12.1 Å². The highest BCUT2D eigenvalue weighted by atomic mass is 19.1. The lowest BCUT2D eigenvalue weighted by Crippen LogP contribution is -2.28. The zero-order chi connectivity index (χ0) is 17.9. The van der Waals surface area contributed by atoms with Crippen LogP contribution in [0.3, 0.4) is 0 Å². The Labute approximate surface area is 151 Å². The van der Waals surface area contributed by atoms with Crippen LogP contribution in [-0.2, 0) is 4.79 Å². The maximum atomic E-state index is 13.2. The predicted octanol–water partition coefficient (Wildman–Crippen LogP) is 4.75. The standard InChI is InChI=1S/C22H19FN2O/c23-19-11-8-16(9-12-19)20-7-3-15-25(20)21(26)13-10-18-5-1-4-17-6-2-14-24-22(17)18/h1-2,4-6,8-14,20H,3,7,15H2/b13-10+/t20-/m1/s1. The van der Waals surface area contributed by atoms with Crippen molar-refractivity contribution in [1.82, 2.24) is 9.88 Å². The second kappa shape index (κ2) is 7.08. The van der Waals surface area contributed by atoms with Crippen LogP contribution in [-0.4, -0.2) is 22.3 Å². The fraction of sp³-hybridized carbons (Fsp3) is 0.182. The fourth-order valence-electron chi connectivity index (χ4n) is 3.58. The molecule has 1 fully saturated rings. The normalized spacial score (nSPS) is 17.3. The fourth-order valence-corrected chi connectivity index (χ4v) is 3.58. The molecular formula is C22H19FN2O. The number of amides is 1. The molecule has 2 heterocycles. The van der Waals surface area contributed by atoms with Gasteiger partial charge in [0.05, 0.1) is 11.6 Å². The van der Waals surface area contributed by atoms with Crippen molar-refractivity contribution in [3.63, 3.8) is 0 Å². The Balaban J connectivity index is 1.57. The van der Waals surface area contributed by atoms with E-state index in [1.807, 2.05) is 41.3 Å². The van der Waals surface area contributed by atoms with E-state index in [9.17, 15) is 9.18 Å². The summed E-state index contributed by atoms with van der Waals surface area (Å²) in [6, 6.07) is 16.3. The van der Waals surface area contributed by atoms with E-state index >= 15 is 0 Å². The summed E-state index contributed by atoms with van der Waals surface area (Å²) in [6.45, 7) is 0.721. The highest BCUT2D eigenvalue weighted by Crippen LogP contribution is 2.32. The molecule has 0 N–H and O–H groups in total. The van der Waals surface area contributed by atoms with Gasteiger partial charge in [-0.2, -0.15) is 0 Å². The summed E-state index contributed by atoms with van der Waals surface area (Å²) in [4.78, 5) is 19.0. The number of fused-ring (bicyclic) bond motifs is 1. The molecular weight excluding hydrogens is 327 g/mol. The molecule has 1 aliphatic rings. The molecule has 1 aromatic heterocycles. The van der Waals surface area contributed by atoms with Crippen molar-refractivity contribution in [2.45, 2.75) is 18.9 Å². The third-order valence-corrected chi connectivity index (χ3v) is 4.86. The number of benzene rings is 2. The third kappa shape index (κ3) is 3.23. The number of hydrogen-bond acceptors (Lipinski definition) is 2. The Morgan fingerprint density at radius 3 is 2.77 bits per heavy atom. The smallest absolute Gasteiger partial charge is 0.247 e. The van der Waals surface area contributed by atoms with Gasteiger partial charge in [-0.25, -0.2) is 4.39 Å². The maximum Gasteiger partial charge on any atom is 0.247 e. The van der Waals surface area contributed by atoms with E-state index in [0.717, 1.165) is 41.4 Å². The van der Waals surface area contributed by atoms with Gasteiger partial charge in [-0.15, -0.1) is 0 Å². The first-order valence-corrected chi connectivity index (χ1v) is 8.80. The van der Waals surface area contributed by atoms with Crippen molar-refractivity contribution in [1.29, 1.82) is 0 Å². The summed E-state index contributed by atoms with van der Waals surface area (Å²) in [7, 11) is 0. The SMILES string of the molecule is O=C(/C=C/c1cccc2cccnc12)N1CCC[C@@H]1c1ccc(F)cc1. The van der Waals surface area contributed by atoms with Gasteiger partial charge in [0.2, 0.25) is 5.91 Å². The van der Waals surface area contributed by atoms with Crippen molar-refractivity contribution in [3.05, 3.63) is 83.8 Å².